The van der Waals surface area contributed by atoms with Gasteiger partial charge in [-0.05, 0) is 41.7 Å². The van der Waals surface area contributed by atoms with Crippen molar-refractivity contribution in [3.8, 4) is 11.1 Å². The normalized spacial score (nSPS) is 22.6. The Hall–Kier alpha value is -2.36. The van der Waals surface area contributed by atoms with Crippen LogP contribution in [-0.2, 0) is 0 Å². The van der Waals surface area contributed by atoms with Crippen LogP contribution in [0.3, 0.4) is 0 Å². The summed E-state index contributed by atoms with van der Waals surface area (Å²) in [6.45, 7) is 0. The number of hydrogen-bond acceptors (Lipinski definition) is 3. The number of nitrogens with zero attached hydrogens (tertiary/aromatic N) is 2. The molecule has 1 heterocycles. The van der Waals surface area contributed by atoms with E-state index in [1.165, 1.54) is 36.9 Å². The Morgan fingerprint density at radius 1 is 1.09 bits per heavy atom. The number of anilines is 1. The summed E-state index contributed by atoms with van der Waals surface area (Å²) < 4.78 is 0. The predicted octanol–water partition coefficient (Wildman–Crippen LogP) is 4.74. The number of likely N-dealkylation sites (N-methyl/N-ethyl adjacent to an activating group) is 1. The van der Waals surface area contributed by atoms with Gasteiger partial charge in [-0.3, -0.25) is 10.1 Å². The van der Waals surface area contributed by atoms with Gasteiger partial charge in [-0.25, -0.2) is 0 Å². The molecule has 0 spiro atoms. The molecule has 0 bridgehead atoms. The van der Waals surface area contributed by atoms with Crippen LogP contribution in [0.25, 0.3) is 11.1 Å². The van der Waals surface area contributed by atoms with Gasteiger partial charge in [0.15, 0.2) is 0 Å². The highest BCUT2D eigenvalue weighted by molar-refractivity contribution is 5.73. The van der Waals surface area contributed by atoms with Crippen molar-refractivity contribution in [2.45, 2.75) is 37.6 Å². The molecule has 1 saturated carbocycles. The number of nitro benzene ring substituents is 1. The number of hydrogen-bond donors (Lipinski definition) is 0. The van der Waals surface area contributed by atoms with Crippen LogP contribution in [0.1, 0.15) is 37.2 Å². The van der Waals surface area contributed by atoms with Crippen LogP contribution in [0.4, 0.5) is 11.4 Å². The Labute approximate surface area is 135 Å². The fourth-order valence-electron chi connectivity index (χ4n) is 4.27. The molecule has 4 nitrogen and oxygen atoms in total. The van der Waals surface area contributed by atoms with E-state index in [0.29, 0.717) is 12.0 Å². The molecule has 2 atom stereocenters. The van der Waals surface area contributed by atoms with Gasteiger partial charge < -0.3 is 4.90 Å². The Bertz CT molecular complexity index is 772. The summed E-state index contributed by atoms with van der Waals surface area (Å²) in [5.41, 5.74) is 4.89. The van der Waals surface area contributed by atoms with Crippen LogP contribution in [0.15, 0.2) is 42.5 Å². The Kier molecular flexibility index (Phi) is 3.33. The van der Waals surface area contributed by atoms with Crippen LogP contribution in [-0.4, -0.2) is 18.0 Å². The lowest BCUT2D eigenvalue weighted by Crippen LogP contribution is -2.32. The van der Waals surface area contributed by atoms with Crippen molar-refractivity contribution in [3.63, 3.8) is 0 Å². The third-order valence-corrected chi connectivity index (χ3v) is 5.42. The van der Waals surface area contributed by atoms with Gasteiger partial charge in [0.1, 0.15) is 0 Å². The third kappa shape index (κ3) is 2.29. The second-order valence-corrected chi connectivity index (χ2v) is 6.65. The smallest absolute Gasteiger partial charge is 0.270 e. The summed E-state index contributed by atoms with van der Waals surface area (Å²) in [5.74, 6) is 0.613. The van der Waals surface area contributed by atoms with Crippen molar-refractivity contribution < 1.29 is 4.92 Å². The monoisotopic (exact) mass is 308 g/mol. The molecule has 1 aliphatic heterocycles. The topological polar surface area (TPSA) is 46.4 Å². The molecule has 0 aromatic heterocycles. The van der Waals surface area contributed by atoms with Crippen molar-refractivity contribution in [2.75, 3.05) is 11.9 Å². The lowest BCUT2D eigenvalue weighted by Gasteiger charge is -2.30. The molecule has 1 fully saturated rings. The minimum atomic E-state index is -0.332. The van der Waals surface area contributed by atoms with Gasteiger partial charge >= 0.3 is 0 Å². The van der Waals surface area contributed by atoms with Crippen molar-refractivity contribution >= 4 is 11.4 Å². The third-order valence-electron chi connectivity index (χ3n) is 5.42. The molecule has 2 aromatic rings. The number of rotatable bonds is 2. The SMILES string of the molecule is CN1c2ccc(-c3cccc([N+](=O)[O-])c3)cc2C2CCCCC21. The van der Waals surface area contributed by atoms with Gasteiger partial charge in [0.05, 0.1) is 4.92 Å². The molecular formula is C19H20N2O2. The zero-order valence-electron chi connectivity index (χ0n) is 13.2. The molecular weight excluding hydrogens is 288 g/mol. The molecule has 2 aromatic carbocycles. The summed E-state index contributed by atoms with van der Waals surface area (Å²) in [6.07, 6.45) is 5.13. The van der Waals surface area contributed by atoms with E-state index < -0.39 is 0 Å². The molecule has 0 N–H and O–H groups in total. The van der Waals surface area contributed by atoms with Crippen molar-refractivity contribution in [1.82, 2.24) is 0 Å². The highest BCUT2D eigenvalue weighted by Crippen LogP contribution is 2.48. The van der Waals surface area contributed by atoms with Crippen LogP contribution >= 0.6 is 0 Å². The zero-order chi connectivity index (χ0) is 16.0. The molecule has 23 heavy (non-hydrogen) atoms. The van der Waals surface area contributed by atoms with E-state index in [9.17, 15) is 10.1 Å². The lowest BCUT2D eigenvalue weighted by atomic mass is 9.82. The highest BCUT2D eigenvalue weighted by atomic mass is 16.6. The van der Waals surface area contributed by atoms with E-state index in [1.807, 2.05) is 6.07 Å². The van der Waals surface area contributed by atoms with E-state index in [-0.39, 0.29) is 10.6 Å². The first kappa shape index (κ1) is 14.2. The lowest BCUT2D eigenvalue weighted by molar-refractivity contribution is -0.384. The summed E-state index contributed by atoms with van der Waals surface area (Å²) in [5, 5.41) is 11.0. The van der Waals surface area contributed by atoms with E-state index in [0.717, 1.165) is 11.1 Å². The average molecular weight is 308 g/mol. The first-order valence-electron chi connectivity index (χ1n) is 8.27. The van der Waals surface area contributed by atoms with Crippen molar-refractivity contribution in [2.24, 2.45) is 0 Å². The summed E-state index contributed by atoms with van der Waals surface area (Å²) in [4.78, 5) is 13.1. The molecule has 4 heteroatoms. The Morgan fingerprint density at radius 3 is 2.70 bits per heavy atom. The Balaban J connectivity index is 1.76. The first-order chi connectivity index (χ1) is 11.1. The maximum Gasteiger partial charge on any atom is 0.270 e. The van der Waals surface area contributed by atoms with E-state index >= 15 is 0 Å². The quantitative estimate of drug-likeness (QED) is 0.595. The molecule has 0 radical (unpaired) electrons. The maximum atomic E-state index is 11.0. The van der Waals surface area contributed by atoms with Gasteiger partial charge in [0.25, 0.3) is 5.69 Å². The van der Waals surface area contributed by atoms with E-state index in [2.05, 4.69) is 30.1 Å². The van der Waals surface area contributed by atoms with Gasteiger partial charge in [0, 0.05) is 36.8 Å². The fraction of sp³-hybridized carbons (Fsp3) is 0.368. The van der Waals surface area contributed by atoms with E-state index in [1.54, 1.807) is 18.2 Å². The second kappa shape index (κ2) is 5.37. The average Bonchev–Trinajstić information content (AvgIpc) is 2.88. The zero-order valence-corrected chi connectivity index (χ0v) is 13.2. The van der Waals surface area contributed by atoms with Crippen LogP contribution in [0.2, 0.25) is 0 Å². The van der Waals surface area contributed by atoms with Gasteiger partial charge in [-0.15, -0.1) is 0 Å². The molecule has 2 unspecified atom stereocenters. The number of benzene rings is 2. The molecule has 1 aliphatic carbocycles. The maximum absolute atomic E-state index is 11.0. The summed E-state index contributed by atoms with van der Waals surface area (Å²) in [6, 6.07) is 14.1. The van der Waals surface area contributed by atoms with Crippen LogP contribution < -0.4 is 4.90 Å². The number of non-ortho nitro benzene ring substituents is 1. The molecule has 0 amide bonds. The van der Waals surface area contributed by atoms with Gasteiger partial charge in [0.2, 0.25) is 0 Å². The summed E-state index contributed by atoms with van der Waals surface area (Å²) >= 11 is 0. The second-order valence-electron chi connectivity index (χ2n) is 6.65. The van der Waals surface area contributed by atoms with Crippen LogP contribution in [0.5, 0.6) is 0 Å². The molecule has 2 aliphatic rings. The van der Waals surface area contributed by atoms with Crippen molar-refractivity contribution in [3.05, 3.63) is 58.1 Å². The van der Waals surface area contributed by atoms with Crippen molar-refractivity contribution in [1.29, 1.82) is 0 Å². The minimum Gasteiger partial charge on any atom is -0.371 e. The van der Waals surface area contributed by atoms with Gasteiger partial charge in [-0.1, -0.05) is 31.0 Å². The Morgan fingerprint density at radius 2 is 1.87 bits per heavy atom. The molecule has 118 valence electrons. The first-order valence-corrected chi connectivity index (χ1v) is 8.27. The van der Waals surface area contributed by atoms with E-state index in [4.69, 9.17) is 0 Å². The summed E-state index contributed by atoms with van der Waals surface area (Å²) in [7, 11) is 2.20. The number of fused-ring (bicyclic) bond motifs is 3. The standard InChI is InChI=1S/C19H20N2O2/c1-20-18-8-3-2-7-16(18)17-12-14(9-10-19(17)20)13-5-4-6-15(11-13)21(22)23/h4-6,9-12,16,18H,2-3,7-8H2,1H3. The predicted molar refractivity (Wildman–Crippen MR) is 91.9 cm³/mol. The minimum absolute atomic E-state index is 0.149. The largest absolute Gasteiger partial charge is 0.371 e. The highest BCUT2D eigenvalue weighted by Gasteiger charge is 2.37. The molecule has 4 rings (SSSR count). The fourth-order valence-corrected chi connectivity index (χ4v) is 4.27. The van der Waals surface area contributed by atoms with Crippen LogP contribution in [0, 0.1) is 10.1 Å². The van der Waals surface area contributed by atoms with Gasteiger partial charge in [-0.2, -0.15) is 0 Å². The molecule has 0 saturated heterocycles. The number of nitro groups is 1.